The Balaban J connectivity index is 1.68. The Kier molecular flexibility index (Phi) is 6.96. The van der Waals surface area contributed by atoms with Crippen LogP contribution in [0.3, 0.4) is 0 Å². The molecule has 7 nitrogen and oxygen atoms in total. The summed E-state index contributed by atoms with van der Waals surface area (Å²) in [6.07, 6.45) is 0.875. The van der Waals surface area contributed by atoms with Gasteiger partial charge in [-0.15, -0.1) is 0 Å². The van der Waals surface area contributed by atoms with Crippen molar-refractivity contribution in [2.24, 2.45) is 0 Å². The van der Waals surface area contributed by atoms with Gasteiger partial charge in [0.05, 0.1) is 5.75 Å². The second kappa shape index (κ2) is 9.43. The van der Waals surface area contributed by atoms with E-state index in [4.69, 9.17) is 9.40 Å². The van der Waals surface area contributed by atoms with Gasteiger partial charge in [-0.25, -0.2) is 9.97 Å². The van der Waals surface area contributed by atoms with Gasteiger partial charge in [0.1, 0.15) is 11.6 Å². The van der Waals surface area contributed by atoms with Crippen molar-refractivity contribution in [3.05, 3.63) is 35.4 Å². The zero-order chi connectivity index (χ0) is 20.1. The highest BCUT2D eigenvalue weighted by atomic mass is 32.2. The monoisotopic (exact) mass is 403 g/mol. The molecule has 0 atom stereocenters. The van der Waals surface area contributed by atoms with Crippen molar-refractivity contribution in [1.29, 1.82) is 0 Å². The van der Waals surface area contributed by atoms with Gasteiger partial charge in [-0.3, -0.25) is 4.79 Å². The maximum atomic E-state index is 12.2. The number of aryl methyl sites for hydroxylation is 1. The number of anilines is 1. The van der Waals surface area contributed by atoms with Gasteiger partial charge in [-0.2, -0.15) is 0 Å². The highest BCUT2D eigenvalue weighted by Gasteiger charge is 2.18. The van der Waals surface area contributed by atoms with E-state index in [1.54, 1.807) is 29.8 Å². The van der Waals surface area contributed by atoms with E-state index in [1.807, 2.05) is 13.0 Å². The third-order valence-electron chi connectivity index (χ3n) is 4.97. The van der Waals surface area contributed by atoms with E-state index < -0.39 is 0 Å². The first-order chi connectivity index (χ1) is 13.5. The number of hydrogen-bond donors (Lipinski definition) is 0. The van der Waals surface area contributed by atoms with Crippen molar-refractivity contribution in [2.45, 2.75) is 31.2 Å². The van der Waals surface area contributed by atoms with Crippen LogP contribution in [0.15, 0.2) is 27.8 Å². The molecule has 3 rings (SSSR count). The highest BCUT2D eigenvalue weighted by Crippen LogP contribution is 2.25. The van der Waals surface area contributed by atoms with Crippen molar-refractivity contribution >= 4 is 23.5 Å². The van der Waals surface area contributed by atoms with Crippen LogP contribution in [0.1, 0.15) is 35.9 Å². The van der Waals surface area contributed by atoms with Gasteiger partial charge in [0.2, 0.25) is 0 Å². The number of likely N-dealkylation sites (N-methyl/N-ethyl adjacent to an activating group) is 1. The predicted molar refractivity (Wildman–Crippen MR) is 112 cm³/mol. The lowest BCUT2D eigenvalue weighted by atomic mass is 10.3. The maximum absolute atomic E-state index is 12.2. The Morgan fingerprint density at radius 3 is 2.64 bits per heavy atom. The Hall–Kier alpha value is -2.06. The van der Waals surface area contributed by atoms with Crippen LogP contribution in [0.2, 0.25) is 0 Å². The molecule has 0 bridgehead atoms. The summed E-state index contributed by atoms with van der Waals surface area (Å²) < 4.78 is 5.72. The number of carbonyl (C=O) groups excluding carboxylic acids is 1. The molecule has 28 heavy (non-hydrogen) atoms. The van der Waals surface area contributed by atoms with Crippen molar-refractivity contribution in [1.82, 2.24) is 19.8 Å². The Morgan fingerprint density at radius 2 is 1.96 bits per heavy atom. The number of thioether (sulfide) groups is 1. The fraction of sp³-hybridized carbons (Fsp3) is 0.550. The van der Waals surface area contributed by atoms with Gasteiger partial charge in [0, 0.05) is 51.5 Å². The zero-order valence-corrected chi connectivity index (χ0v) is 18.0. The molecule has 0 unspecified atom stereocenters. The van der Waals surface area contributed by atoms with Crippen molar-refractivity contribution in [3.8, 4) is 0 Å². The van der Waals surface area contributed by atoms with Gasteiger partial charge in [0.15, 0.2) is 10.9 Å². The lowest BCUT2D eigenvalue weighted by Crippen LogP contribution is -2.44. The van der Waals surface area contributed by atoms with Crippen LogP contribution in [0.25, 0.3) is 0 Å². The number of carbonyl (C=O) groups is 1. The first kappa shape index (κ1) is 20.7. The van der Waals surface area contributed by atoms with E-state index >= 15 is 0 Å². The summed E-state index contributed by atoms with van der Waals surface area (Å²) in [5, 5.41) is 0.753. The van der Waals surface area contributed by atoms with E-state index in [2.05, 4.69) is 34.8 Å². The lowest BCUT2D eigenvalue weighted by Gasteiger charge is -2.33. The normalized spacial score (nSPS) is 15.1. The van der Waals surface area contributed by atoms with Crippen LogP contribution >= 0.6 is 11.8 Å². The van der Waals surface area contributed by atoms with Crippen LogP contribution in [0.5, 0.6) is 0 Å². The molecule has 0 saturated carbocycles. The molecule has 0 radical (unpaired) electrons. The summed E-state index contributed by atoms with van der Waals surface area (Å²) in [5.41, 5.74) is 1.05. The summed E-state index contributed by atoms with van der Waals surface area (Å²) in [5.74, 6) is 2.63. The highest BCUT2D eigenvalue weighted by molar-refractivity contribution is 7.98. The second-order valence-corrected chi connectivity index (χ2v) is 7.96. The molecule has 2 aromatic heterocycles. The fourth-order valence-electron chi connectivity index (χ4n) is 2.94. The average Bonchev–Trinajstić information content (AvgIpc) is 3.20. The summed E-state index contributed by atoms with van der Waals surface area (Å²) in [4.78, 5) is 27.9. The van der Waals surface area contributed by atoms with E-state index in [1.165, 1.54) is 0 Å². The average molecular weight is 404 g/mol. The lowest BCUT2D eigenvalue weighted by molar-refractivity contribution is 0.0769. The molecule has 1 saturated heterocycles. The molecule has 2 aromatic rings. The number of aromatic nitrogens is 2. The summed E-state index contributed by atoms with van der Waals surface area (Å²) in [6.45, 7) is 8.75. The summed E-state index contributed by atoms with van der Waals surface area (Å²) in [6, 6.07) is 5.69. The van der Waals surface area contributed by atoms with E-state index in [0.717, 1.165) is 55.0 Å². The molecule has 3 heterocycles. The van der Waals surface area contributed by atoms with Gasteiger partial charge >= 0.3 is 0 Å². The molecule has 1 aliphatic heterocycles. The molecule has 152 valence electrons. The van der Waals surface area contributed by atoms with E-state index in [-0.39, 0.29) is 5.91 Å². The largest absolute Gasteiger partial charge is 0.455 e. The first-order valence-corrected chi connectivity index (χ1v) is 10.8. The number of amides is 1. The summed E-state index contributed by atoms with van der Waals surface area (Å²) >= 11 is 1.54. The molecule has 1 fully saturated rings. The minimum absolute atomic E-state index is 0.0969. The molecule has 1 amide bonds. The number of piperazine rings is 1. The Morgan fingerprint density at radius 1 is 1.21 bits per heavy atom. The predicted octanol–water partition coefficient (Wildman–Crippen LogP) is 2.77. The second-order valence-electron chi connectivity index (χ2n) is 7.02. The van der Waals surface area contributed by atoms with Gasteiger partial charge < -0.3 is 19.1 Å². The molecule has 1 aliphatic rings. The minimum atomic E-state index is -0.0969. The number of furan rings is 1. The third kappa shape index (κ3) is 5.05. The number of rotatable bonds is 7. The van der Waals surface area contributed by atoms with E-state index in [9.17, 15) is 4.79 Å². The fourth-order valence-corrected chi connectivity index (χ4v) is 3.71. The molecule has 0 aliphatic carbocycles. The Bertz CT molecular complexity index is 802. The standard InChI is InChI=1S/C20H29N5O2S/c1-5-15-13-18(25-11-9-23(3)10-12-25)22-20(21-15)28-14-16-7-8-17(27-16)19(26)24(4)6-2/h7-8,13H,5-6,9-12,14H2,1-4H3. The third-order valence-corrected chi connectivity index (χ3v) is 5.84. The quantitative estimate of drug-likeness (QED) is 0.520. The SMILES string of the molecule is CCc1cc(N2CCN(C)CC2)nc(SCc2ccc(C(=O)N(C)CC)o2)n1. The van der Waals surface area contributed by atoms with Crippen LogP contribution in [-0.2, 0) is 12.2 Å². The summed E-state index contributed by atoms with van der Waals surface area (Å²) in [7, 11) is 3.92. The van der Waals surface area contributed by atoms with E-state index in [0.29, 0.717) is 18.1 Å². The van der Waals surface area contributed by atoms with Gasteiger partial charge in [-0.05, 0) is 32.5 Å². The minimum Gasteiger partial charge on any atom is -0.455 e. The van der Waals surface area contributed by atoms with Gasteiger partial charge in [0.25, 0.3) is 5.91 Å². The topological polar surface area (TPSA) is 65.7 Å². The van der Waals surface area contributed by atoms with Crippen LogP contribution in [0.4, 0.5) is 5.82 Å². The number of nitrogens with zero attached hydrogens (tertiary/aromatic N) is 5. The first-order valence-electron chi connectivity index (χ1n) is 9.78. The Labute approximate surface area is 171 Å². The van der Waals surface area contributed by atoms with Crippen molar-refractivity contribution < 1.29 is 9.21 Å². The number of hydrogen-bond acceptors (Lipinski definition) is 7. The molecule has 0 aromatic carbocycles. The zero-order valence-electron chi connectivity index (χ0n) is 17.1. The smallest absolute Gasteiger partial charge is 0.289 e. The van der Waals surface area contributed by atoms with Crippen LogP contribution < -0.4 is 4.90 Å². The molecule has 0 spiro atoms. The van der Waals surface area contributed by atoms with Crippen molar-refractivity contribution in [2.75, 3.05) is 51.7 Å². The van der Waals surface area contributed by atoms with Crippen molar-refractivity contribution in [3.63, 3.8) is 0 Å². The van der Waals surface area contributed by atoms with Gasteiger partial charge in [-0.1, -0.05) is 18.7 Å². The molecular formula is C20H29N5O2S. The van der Waals surface area contributed by atoms with Crippen LogP contribution in [0, 0.1) is 0 Å². The molecule has 0 N–H and O–H groups in total. The molecule has 8 heteroatoms. The van der Waals surface area contributed by atoms with Crippen LogP contribution in [-0.4, -0.2) is 72.5 Å². The maximum Gasteiger partial charge on any atom is 0.289 e. The molecular weight excluding hydrogens is 374 g/mol.